The molecule has 2 aromatic rings. The van der Waals surface area contributed by atoms with Crippen molar-refractivity contribution >= 4 is 11.5 Å². The first-order valence-electron chi connectivity index (χ1n) is 4.92. The predicted molar refractivity (Wildman–Crippen MR) is 61.4 cm³/mol. The van der Waals surface area contributed by atoms with E-state index >= 15 is 0 Å². The Hall–Kier alpha value is -2.55. The lowest BCUT2D eigenvalue weighted by Gasteiger charge is -2.07. The summed E-state index contributed by atoms with van der Waals surface area (Å²) in [5.41, 5.74) is 6.80. The maximum Gasteiger partial charge on any atom is 0.143 e. The standard InChI is InChI=1S/C11H10FN5/c12-9-2-1-3-10(8(9)4-13)15-5-7-6-16-17-11(7)14/h1-3,6,15H,5H2,(H3,14,16,17). The highest BCUT2D eigenvalue weighted by atomic mass is 19.1. The number of hydrogen-bond donors (Lipinski definition) is 3. The van der Waals surface area contributed by atoms with Gasteiger partial charge in [-0.25, -0.2) is 4.39 Å². The number of nitriles is 1. The molecule has 86 valence electrons. The van der Waals surface area contributed by atoms with Crippen LogP contribution >= 0.6 is 0 Å². The molecule has 0 radical (unpaired) electrons. The Morgan fingerprint density at radius 1 is 1.53 bits per heavy atom. The van der Waals surface area contributed by atoms with Crippen LogP contribution in [0.1, 0.15) is 11.1 Å². The van der Waals surface area contributed by atoms with Gasteiger partial charge in [-0.05, 0) is 12.1 Å². The van der Waals surface area contributed by atoms with Crippen LogP contribution in [0.25, 0.3) is 0 Å². The van der Waals surface area contributed by atoms with Crippen LogP contribution in [0.4, 0.5) is 15.9 Å². The van der Waals surface area contributed by atoms with Crippen molar-refractivity contribution in [3.8, 4) is 6.07 Å². The highest BCUT2D eigenvalue weighted by Gasteiger charge is 2.08. The van der Waals surface area contributed by atoms with Gasteiger partial charge in [0, 0.05) is 12.1 Å². The summed E-state index contributed by atoms with van der Waals surface area (Å²) in [5.74, 6) is -0.0925. The molecule has 1 aromatic carbocycles. The Balaban J connectivity index is 2.18. The lowest BCUT2D eigenvalue weighted by atomic mass is 10.2. The number of nitrogens with two attached hydrogens (primary N) is 1. The van der Waals surface area contributed by atoms with E-state index in [1.54, 1.807) is 12.3 Å². The number of benzene rings is 1. The summed E-state index contributed by atoms with van der Waals surface area (Å²) in [6.45, 7) is 0.375. The molecule has 0 aliphatic heterocycles. The average molecular weight is 231 g/mol. The van der Waals surface area contributed by atoms with Gasteiger partial charge in [0.2, 0.25) is 0 Å². The van der Waals surface area contributed by atoms with Gasteiger partial charge in [-0.15, -0.1) is 0 Å². The second-order valence-corrected chi connectivity index (χ2v) is 3.44. The molecule has 6 heteroatoms. The molecule has 0 unspecified atom stereocenters. The van der Waals surface area contributed by atoms with E-state index in [1.165, 1.54) is 12.1 Å². The average Bonchev–Trinajstić information content (AvgIpc) is 2.72. The zero-order valence-electron chi connectivity index (χ0n) is 8.87. The van der Waals surface area contributed by atoms with Crippen molar-refractivity contribution in [3.05, 3.63) is 41.3 Å². The Labute approximate surface area is 97.1 Å². The first-order chi connectivity index (χ1) is 8.22. The van der Waals surface area contributed by atoms with Crippen LogP contribution in [0.2, 0.25) is 0 Å². The van der Waals surface area contributed by atoms with E-state index in [0.717, 1.165) is 5.56 Å². The zero-order valence-corrected chi connectivity index (χ0v) is 8.87. The molecule has 17 heavy (non-hydrogen) atoms. The summed E-state index contributed by atoms with van der Waals surface area (Å²) in [6, 6.07) is 6.24. The second-order valence-electron chi connectivity index (χ2n) is 3.44. The summed E-state index contributed by atoms with van der Waals surface area (Å²) in [7, 11) is 0. The van der Waals surface area contributed by atoms with Gasteiger partial charge in [-0.2, -0.15) is 10.4 Å². The van der Waals surface area contributed by atoms with Crippen LogP contribution in [0.5, 0.6) is 0 Å². The van der Waals surface area contributed by atoms with E-state index in [-0.39, 0.29) is 5.56 Å². The normalized spacial score (nSPS) is 9.88. The van der Waals surface area contributed by atoms with Gasteiger partial charge in [-0.3, -0.25) is 5.10 Å². The third-order valence-electron chi connectivity index (χ3n) is 2.35. The first kappa shape index (κ1) is 11.0. The number of nitrogen functional groups attached to an aromatic ring is 1. The van der Waals surface area contributed by atoms with Crippen LogP contribution in [0.15, 0.2) is 24.4 Å². The van der Waals surface area contributed by atoms with Crippen molar-refractivity contribution < 1.29 is 4.39 Å². The number of hydrogen-bond acceptors (Lipinski definition) is 4. The fraction of sp³-hybridized carbons (Fsp3) is 0.0909. The third kappa shape index (κ3) is 2.18. The molecule has 4 N–H and O–H groups in total. The van der Waals surface area contributed by atoms with Crippen molar-refractivity contribution in [3.63, 3.8) is 0 Å². The van der Waals surface area contributed by atoms with E-state index < -0.39 is 5.82 Å². The maximum absolute atomic E-state index is 13.3. The van der Waals surface area contributed by atoms with Crippen molar-refractivity contribution in [2.45, 2.75) is 6.54 Å². The molecule has 0 amide bonds. The molecule has 0 bridgehead atoms. The molecule has 0 saturated carbocycles. The van der Waals surface area contributed by atoms with E-state index in [1.807, 2.05) is 6.07 Å². The minimum absolute atomic E-state index is 0.00503. The maximum atomic E-state index is 13.3. The second kappa shape index (κ2) is 4.53. The van der Waals surface area contributed by atoms with Crippen molar-refractivity contribution in [2.75, 3.05) is 11.1 Å². The molecule has 0 aliphatic carbocycles. The quantitative estimate of drug-likeness (QED) is 0.748. The van der Waals surface area contributed by atoms with Crippen LogP contribution in [-0.2, 0) is 6.54 Å². The first-order valence-corrected chi connectivity index (χ1v) is 4.92. The van der Waals surface area contributed by atoms with Gasteiger partial charge in [0.05, 0.1) is 11.9 Å². The van der Waals surface area contributed by atoms with Crippen LogP contribution in [0, 0.1) is 17.1 Å². The van der Waals surface area contributed by atoms with E-state index in [0.29, 0.717) is 18.1 Å². The van der Waals surface area contributed by atoms with Crippen LogP contribution in [0.3, 0.4) is 0 Å². The van der Waals surface area contributed by atoms with Gasteiger partial charge in [0.1, 0.15) is 23.3 Å². The van der Waals surface area contributed by atoms with E-state index in [2.05, 4.69) is 15.5 Å². The lowest BCUT2D eigenvalue weighted by Crippen LogP contribution is -2.03. The number of halogens is 1. The fourth-order valence-electron chi connectivity index (χ4n) is 1.44. The fourth-order valence-corrected chi connectivity index (χ4v) is 1.44. The summed E-state index contributed by atoms with van der Waals surface area (Å²) >= 11 is 0. The number of aromatic nitrogens is 2. The monoisotopic (exact) mass is 231 g/mol. The van der Waals surface area contributed by atoms with Gasteiger partial charge < -0.3 is 11.1 Å². The smallest absolute Gasteiger partial charge is 0.143 e. The number of nitrogens with zero attached hydrogens (tertiary/aromatic N) is 2. The highest BCUT2D eigenvalue weighted by Crippen LogP contribution is 2.19. The number of H-pyrrole nitrogens is 1. The van der Waals surface area contributed by atoms with Gasteiger partial charge in [0.25, 0.3) is 0 Å². The molecule has 0 spiro atoms. The molecule has 0 fully saturated rings. The minimum Gasteiger partial charge on any atom is -0.384 e. The summed E-state index contributed by atoms with van der Waals surface area (Å²) in [5, 5.41) is 18.1. The van der Waals surface area contributed by atoms with Crippen LogP contribution in [-0.4, -0.2) is 10.2 Å². The SMILES string of the molecule is N#Cc1c(F)cccc1NCc1cn[nH]c1N. The molecular formula is C11H10FN5. The molecule has 0 aliphatic rings. The third-order valence-corrected chi connectivity index (χ3v) is 2.35. The number of anilines is 2. The zero-order chi connectivity index (χ0) is 12.3. The Kier molecular flexibility index (Phi) is 2.92. The number of rotatable bonds is 3. The Morgan fingerprint density at radius 3 is 3.00 bits per heavy atom. The Morgan fingerprint density at radius 2 is 2.35 bits per heavy atom. The Bertz CT molecular complexity index is 569. The van der Waals surface area contributed by atoms with Gasteiger partial charge in [-0.1, -0.05) is 6.07 Å². The highest BCUT2D eigenvalue weighted by molar-refractivity contribution is 5.58. The summed E-state index contributed by atoms with van der Waals surface area (Å²) in [6.07, 6.45) is 1.58. The van der Waals surface area contributed by atoms with Gasteiger partial charge in [0.15, 0.2) is 0 Å². The predicted octanol–water partition coefficient (Wildman–Crippen LogP) is 1.61. The molecule has 0 atom stereocenters. The molecule has 2 rings (SSSR count). The van der Waals surface area contributed by atoms with Crippen LogP contribution < -0.4 is 11.1 Å². The summed E-state index contributed by atoms with van der Waals surface area (Å²) < 4.78 is 13.3. The topological polar surface area (TPSA) is 90.5 Å². The van der Waals surface area contributed by atoms with Crippen molar-refractivity contribution in [1.82, 2.24) is 10.2 Å². The molecule has 0 saturated heterocycles. The molecule has 1 aromatic heterocycles. The summed E-state index contributed by atoms with van der Waals surface area (Å²) in [4.78, 5) is 0. The van der Waals surface area contributed by atoms with E-state index in [4.69, 9.17) is 11.0 Å². The number of aromatic amines is 1. The van der Waals surface area contributed by atoms with Gasteiger partial charge >= 0.3 is 0 Å². The van der Waals surface area contributed by atoms with Crippen molar-refractivity contribution in [2.24, 2.45) is 0 Å². The largest absolute Gasteiger partial charge is 0.384 e. The van der Waals surface area contributed by atoms with Crippen molar-refractivity contribution in [1.29, 1.82) is 5.26 Å². The molecular weight excluding hydrogens is 221 g/mol. The minimum atomic E-state index is -0.544. The molecule has 5 nitrogen and oxygen atoms in total. The lowest BCUT2D eigenvalue weighted by molar-refractivity contribution is 0.624. The molecule has 1 heterocycles. The number of nitrogens with one attached hydrogen (secondary N) is 2. The van der Waals surface area contributed by atoms with E-state index in [9.17, 15) is 4.39 Å².